The van der Waals surface area contributed by atoms with Gasteiger partial charge in [0.2, 0.25) is 0 Å². The van der Waals surface area contributed by atoms with Gasteiger partial charge in [0.1, 0.15) is 17.3 Å². The van der Waals surface area contributed by atoms with Crippen LogP contribution in [0.15, 0.2) is 30.3 Å². The number of benzene rings is 2. The minimum atomic E-state index is -0.230. The zero-order valence-corrected chi connectivity index (χ0v) is 18.6. The average Bonchev–Trinajstić information content (AvgIpc) is 3.03. The molecule has 0 aliphatic heterocycles. The lowest BCUT2D eigenvalue weighted by Gasteiger charge is -2.12. The summed E-state index contributed by atoms with van der Waals surface area (Å²) in [5.41, 5.74) is 3.96. The van der Waals surface area contributed by atoms with Crippen LogP contribution in [0.5, 0.6) is 11.5 Å². The van der Waals surface area contributed by atoms with Crippen molar-refractivity contribution in [2.24, 2.45) is 0 Å². The van der Waals surface area contributed by atoms with Crippen LogP contribution in [0, 0.1) is 13.8 Å². The summed E-state index contributed by atoms with van der Waals surface area (Å²) in [6, 6.07) is 9.72. The molecule has 6 nitrogen and oxygen atoms in total. The zero-order valence-electron chi connectivity index (χ0n) is 17.8. The first-order valence-corrected chi connectivity index (χ1v) is 10.4. The third-order valence-electron chi connectivity index (χ3n) is 4.89. The van der Waals surface area contributed by atoms with Gasteiger partial charge in [-0.25, -0.2) is 4.98 Å². The summed E-state index contributed by atoms with van der Waals surface area (Å²) in [6.07, 6.45) is 0.939. The largest absolute Gasteiger partial charge is 0.494 e. The number of esters is 1. The summed E-state index contributed by atoms with van der Waals surface area (Å²) in [7, 11) is 1.39. The minimum Gasteiger partial charge on any atom is -0.494 e. The van der Waals surface area contributed by atoms with E-state index in [0.717, 1.165) is 39.5 Å². The monoisotopic (exact) mass is 430 g/mol. The number of rotatable bonds is 9. The molecule has 30 heavy (non-hydrogen) atoms. The van der Waals surface area contributed by atoms with Crippen molar-refractivity contribution in [3.05, 3.63) is 52.3 Å². The Labute approximate surface area is 181 Å². The normalized spacial score (nSPS) is 11.0. The Balaban J connectivity index is 1.83. The van der Waals surface area contributed by atoms with Crippen LogP contribution in [0.1, 0.15) is 36.7 Å². The highest BCUT2D eigenvalue weighted by Gasteiger charge is 2.14. The van der Waals surface area contributed by atoms with Crippen LogP contribution in [-0.4, -0.2) is 35.8 Å². The van der Waals surface area contributed by atoms with Crippen molar-refractivity contribution in [1.29, 1.82) is 0 Å². The number of methoxy groups -OCH3 is 1. The van der Waals surface area contributed by atoms with E-state index in [0.29, 0.717) is 37.6 Å². The molecule has 0 spiro atoms. The van der Waals surface area contributed by atoms with E-state index < -0.39 is 0 Å². The van der Waals surface area contributed by atoms with Crippen molar-refractivity contribution in [2.45, 2.75) is 40.2 Å². The van der Waals surface area contributed by atoms with Crippen LogP contribution >= 0.6 is 11.6 Å². The van der Waals surface area contributed by atoms with Gasteiger partial charge in [0.05, 0.1) is 37.9 Å². The second-order valence-electron chi connectivity index (χ2n) is 7.07. The number of fused-ring (bicyclic) bond motifs is 1. The zero-order chi connectivity index (χ0) is 21.7. The molecule has 2 aromatic carbocycles. The van der Waals surface area contributed by atoms with E-state index in [1.165, 1.54) is 7.11 Å². The second kappa shape index (κ2) is 9.85. The molecule has 0 bridgehead atoms. The number of hydrogen-bond donors (Lipinski definition) is 0. The molecule has 7 heteroatoms. The Kier molecular flexibility index (Phi) is 7.21. The van der Waals surface area contributed by atoms with Gasteiger partial charge in [-0.05, 0) is 56.5 Å². The lowest BCUT2D eigenvalue weighted by Crippen LogP contribution is -2.05. The van der Waals surface area contributed by atoms with E-state index >= 15 is 0 Å². The standard InChI is InChI=1S/C23H27ClN2O4/c1-5-29-18-9-8-17(20(24)12-18)14-26-16(3)25-23-15(2)11-19(13-21(23)26)30-10-6-7-22(27)28-4/h8-9,11-13H,5-7,10,14H2,1-4H3. The highest BCUT2D eigenvalue weighted by atomic mass is 35.5. The van der Waals surface area contributed by atoms with E-state index in [9.17, 15) is 4.79 Å². The average molecular weight is 431 g/mol. The number of carbonyl (C=O) groups excluding carboxylic acids is 1. The molecule has 0 saturated heterocycles. The molecule has 0 fully saturated rings. The van der Waals surface area contributed by atoms with Gasteiger partial charge in [-0.15, -0.1) is 0 Å². The fraction of sp³-hybridized carbons (Fsp3) is 0.391. The van der Waals surface area contributed by atoms with Crippen LogP contribution in [0.2, 0.25) is 5.02 Å². The Morgan fingerprint density at radius 2 is 1.93 bits per heavy atom. The minimum absolute atomic E-state index is 0.230. The first-order chi connectivity index (χ1) is 14.4. The molecule has 0 amide bonds. The van der Waals surface area contributed by atoms with Crippen LogP contribution < -0.4 is 9.47 Å². The molecule has 0 aliphatic carbocycles. The second-order valence-corrected chi connectivity index (χ2v) is 7.47. The maximum atomic E-state index is 11.3. The number of imidazole rings is 1. The highest BCUT2D eigenvalue weighted by molar-refractivity contribution is 6.31. The van der Waals surface area contributed by atoms with E-state index in [1.54, 1.807) is 0 Å². The van der Waals surface area contributed by atoms with Gasteiger partial charge >= 0.3 is 5.97 Å². The molecule has 1 aromatic heterocycles. The molecule has 3 aromatic rings. The topological polar surface area (TPSA) is 62.6 Å². The Morgan fingerprint density at radius 3 is 2.63 bits per heavy atom. The fourth-order valence-electron chi connectivity index (χ4n) is 3.35. The Morgan fingerprint density at radius 1 is 1.13 bits per heavy atom. The van der Waals surface area contributed by atoms with E-state index in [-0.39, 0.29) is 5.97 Å². The number of ether oxygens (including phenoxy) is 3. The van der Waals surface area contributed by atoms with E-state index in [2.05, 4.69) is 9.30 Å². The van der Waals surface area contributed by atoms with Crippen molar-refractivity contribution >= 4 is 28.6 Å². The van der Waals surface area contributed by atoms with Crippen molar-refractivity contribution in [2.75, 3.05) is 20.3 Å². The van der Waals surface area contributed by atoms with Gasteiger partial charge in [-0.1, -0.05) is 17.7 Å². The third kappa shape index (κ3) is 5.05. The highest BCUT2D eigenvalue weighted by Crippen LogP contribution is 2.29. The number of aryl methyl sites for hydroxylation is 2. The number of aromatic nitrogens is 2. The van der Waals surface area contributed by atoms with Gasteiger partial charge in [-0.2, -0.15) is 0 Å². The summed E-state index contributed by atoms with van der Waals surface area (Å²) in [6.45, 7) is 7.59. The molecule has 0 radical (unpaired) electrons. The molecule has 0 N–H and O–H groups in total. The maximum Gasteiger partial charge on any atom is 0.305 e. The van der Waals surface area contributed by atoms with Gasteiger partial charge in [0.25, 0.3) is 0 Å². The lowest BCUT2D eigenvalue weighted by atomic mass is 10.1. The van der Waals surface area contributed by atoms with Gasteiger partial charge in [-0.3, -0.25) is 4.79 Å². The number of nitrogens with zero attached hydrogens (tertiary/aromatic N) is 2. The predicted octanol–water partition coefficient (Wildman–Crippen LogP) is 5.09. The predicted molar refractivity (Wildman–Crippen MR) is 118 cm³/mol. The van der Waals surface area contributed by atoms with Crippen LogP contribution in [0.25, 0.3) is 11.0 Å². The SMILES string of the molecule is CCOc1ccc(Cn2c(C)nc3c(C)cc(OCCCC(=O)OC)cc32)c(Cl)c1. The van der Waals surface area contributed by atoms with Crippen molar-refractivity contribution in [1.82, 2.24) is 9.55 Å². The first-order valence-electron chi connectivity index (χ1n) is 10.0. The smallest absolute Gasteiger partial charge is 0.305 e. The van der Waals surface area contributed by atoms with Crippen LogP contribution in [0.4, 0.5) is 0 Å². The molecule has 0 aliphatic rings. The maximum absolute atomic E-state index is 11.3. The molecule has 0 atom stereocenters. The molecule has 1 heterocycles. The number of halogens is 1. The van der Waals surface area contributed by atoms with E-state index in [1.807, 2.05) is 51.1 Å². The van der Waals surface area contributed by atoms with Gasteiger partial charge in [0, 0.05) is 17.5 Å². The summed E-state index contributed by atoms with van der Waals surface area (Å²) in [5, 5.41) is 0.661. The Bertz CT molecular complexity index is 1050. The molecule has 160 valence electrons. The number of hydrogen-bond acceptors (Lipinski definition) is 5. The van der Waals surface area contributed by atoms with Crippen molar-refractivity contribution < 1.29 is 19.0 Å². The molecule has 3 rings (SSSR count). The number of carbonyl (C=O) groups is 1. The van der Waals surface area contributed by atoms with Crippen molar-refractivity contribution in [3.8, 4) is 11.5 Å². The van der Waals surface area contributed by atoms with E-state index in [4.69, 9.17) is 26.1 Å². The lowest BCUT2D eigenvalue weighted by molar-refractivity contribution is -0.140. The van der Waals surface area contributed by atoms with Gasteiger partial charge in [0.15, 0.2) is 0 Å². The quantitative estimate of drug-likeness (QED) is 0.349. The summed E-state index contributed by atoms with van der Waals surface area (Å²) < 4.78 is 18.2. The molecular weight excluding hydrogens is 404 g/mol. The van der Waals surface area contributed by atoms with Gasteiger partial charge < -0.3 is 18.8 Å². The summed E-state index contributed by atoms with van der Waals surface area (Å²) in [4.78, 5) is 16.0. The first kappa shape index (κ1) is 22.0. The summed E-state index contributed by atoms with van der Waals surface area (Å²) in [5.74, 6) is 2.19. The molecule has 0 saturated carbocycles. The van der Waals surface area contributed by atoms with Crippen LogP contribution in [-0.2, 0) is 16.1 Å². The molecule has 0 unspecified atom stereocenters. The molecular formula is C23H27ClN2O4. The van der Waals surface area contributed by atoms with Crippen LogP contribution in [0.3, 0.4) is 0 Å². The van der Waals surface area contributed by atoms with Crippen molar-refractivity contribution in [3.63, 3.8) is 0 Å². The summed E-state index contributed by atoms with van der Waals surface area (Å²) >= 11 is 6.49. The third-order valence-corrected chi connectivity index (χ3v) is 5.25. The Hall–Kier alpha value is -2.73. The fourth-order valence-corrected chi connectivity index (χ4v) is 3.58.